The van der Waals surface area contributed by atoms with Gasteiger partial charge in [-0.25, -0.2) is 9.59 Å². The van der Waals surface area contributed by atoms with Crippen LogP contribution in [0.15, 0.2) is 131 Å². The van der Waals surface area contributed by atoms with Crippen LogP contribution in [0.1, 0.15) is 13.8 Å². The zero-order valence-corrected chi connectivity index (χ0v) is 30.1. The molecule has 0 aliphatic rings. The SMILES string of the molecule is CC(=O)Nc1ccc(NC(=O)Nc2ccccc2OS(=O)(=O)c2cccc(S(=O)(=O)Oc3ccccc3NC(=O)Nc3ccc(NC(C)=O)cc3)c2)cc1. The van der Waals surface area contributed by atoms with Crippen LogP contribution in [0.5, 0.6) is 11.5 Å². The molecule has 0 radical (unpaired) electrons. The van der Waals surface area contributed by atoms with Gasteiger partial charge in [0.2, 0.25) is 11.8 Å². The van der Waals surface area contributed by atoms with Crippen LogP contribution < -0.4 is 40.3 Å². The van der Waals surface area contributed by atoms with Gasteiger partial charge in [-0.1, -0.05) is 30.3 Å². The average Bonchev–Trinajstić information content (AvgIpc) is 3.11. The average molecular weight is 773 g/mol. The molecule has 6 amide bonds. The Hall–Kier alpha value is -6.92. The number of anilines is 6. The predicted molar refractivity (Wildman–Crippen MR) is 202 cm³/mol. The number of nitrogens with one attached hydrogen (secondary N) is 6. The van der Waals surface area contributed by atoms with E-state index in [9.17, 15) is 36.0 Å². The topological polar surface area (TPSA) is 227 Å². The molecule has 0 aliphatic heterocycles. The molecule has 0 atom stereocenters. The van der Waals surface area contributed by atoms with E-state index in [1.165, 1.54) is 68.4 Å². The number of urea groups is 2. The highest BCUT2D eigenvalue weighted by molar-refractivity contribution is 7.88. The van der Waals surface area contributed by atoms with E-state index < -0.39 is 42.1 Å². The Balaban J connectivity index is 1.26. The molecule has 0 fully saturated rings. The fraction of sp³-hybridized carbons (Fsp3) is 0.0556. The molecule has 0 spiro atoms. The summed E-state index contributed by atoms with van der Waals surface area (Å²) in [5.74, 6) is -1.05. The molecule has 0 bridgehead atoms. The van der Waals surface area contributed by atoms with Crippen LogP contribution in [-0.4, -0.2) is 40.7 Å². The van der Waals surface area contributed by atoms with Crippen molar-refractivity contribution in [2.24, 2.45) is 0 Å². The van der Waals surface area contributed by atoms with Crippen LogP contribution in [0, 0.1) is 0 Å². The smallest absolute Gasteiger partial charge is 0.339 e. The Kier molecular flexibility index (Phi) is 11.8. The molecule has 0 aromatic heterocycles. The first-order valence-electron chi connectivity index (χ1n) is 15.8. The van der Waals surface area contributed by atoms with Gasteiger partial charge in [0.25, 0.3) is 0 Å². The first-order chi connectivity index (χ1) is 25.7. The van der Waals surface area contributed by atoms with Gasteiger partial charge >= 0.3 is 32.3 Å². The number of carbonyl (C=O) groups excluding carboxylic acids is 4. The van der Waals surface area contributed by atoms with Crippen LogP contribution in [0.4, 0.5) is 43.7 Å². The Morgan fingerprint density at radius 1 is 0.426 bits per heavy atom. The van der Waals surface area contributed by atoms with Crippen LogP contribution in [0.25, 0.3) is 0 Å². The molecule has 278 valence electrons. The van der Waals surface area contributed by atoms with Crippen LogP contribution in [0.2, 0.25) is 0 Å². The fourth-order valence-electron chi connectivity index (χ4n) is 4.65. The van der Waals surface area contributed by atoms with E-state index >= 15 is 0 Å². The summed E-state index contributed by atoms with van der Waals surface area (Å²) in [4.78, 5) is 46.9. The number of amides is 6. The van der Waals surface area contributed by atoms with Crippen molar-refractivity contribution >= 4 is 78.2 Å². The summed E-state index contributed by atoms with van der Waals surface area (Å²) < 4.78 is 64.2. The van der Waals surface area contributed by atoms with E-state index in [1.54, 1.807) is 48.5 Å². The summed E-state index contributed by atoms with van der Waals surface area (Å²) in [5.41, 5.74) is 1.76. The summed E-state index contributed by atoms with van der Waals surface area (Å²) in [5, 5.41) is 15.4. The number of rotatable bonds is 12. The number of carbonyl (C=O) groups is 4. The van der Waals surface area contributed by atoms with Gasteiger partial charge in [-0.2, -0.15) is 16.8 Å². The zero-order valence-electron chi connectivity index (χ0n) is 28.4. The first kappa shape index (κ1) is 38.3. The highest BCUT2D eigenvalue weighted by Crippen LogP contribution is 2.31. The predicted octanol–water partition coefficient (Wildman–Crippen LogP) is 6.43. The van der Waals surface area contributed by atoms with E-state index in [0.29, 0.717) is 22.7 Å². The molecule has 5 aromatic carbocycles. The fourth-order valence-corrected chi connectivity index (χ4v) is 6.72. The third-order valence-corrected chi connectivity index (χ3v) is 9.44. The molecule has 5 aromatic rings. The van der Waals surface area contributed by atoms with Crippen LogP contribution in [0.3, 0.4) is 0 Å². The van der Waals surface area contributed by atoms with Crippen molar-refractivity contribution in [3.05, 3.63) is 121 Å². The van der Waals surface area contributed by atoms with Gasteiger partial charge in [-0.05, 0) is 91.0 Å². The largest absolute Gasteiger partial charge is 0.377 e. The molecule has 0 unspecified atom stereocenters. The second kappa shape index (κ2) is 16.6. The van der Waals surface area contributed by atoms with Crippen molar-refractivity contribution in [2.75, 3.05) is 31.9 Å². The minimum absolute atomic E-state index is 0.0179. The maximum atomic E-state index is 13.4. The molecule has 5 rings (SSSR count). The number of hydrogen-bond acceptors (Lipinski definition) is 10. The molecular formula is C36H32N6O10S2. The van der Waals surface area contributed by atoms with Gasteiger partial charge in [-0.3, -0.25) is 9.59 Å². The lowest BCUT2D eigenvalue weighted by Gasteiger charge is -2.15. The number of hydrogen-bond donors (Lipinski definition) is 6. The second-order valence-corrected chi connectivity index (χ2v) is 14.3. The van der Waals surface area contributed by atoms with Gasteiger partial charge in [0.1, 0.15) is 9.79 Å². The molecule has 6 N–H and O–H groups in total. The summed E-state index contributed by atoms with van der Waals surface area (Å²) >= 11 is 0. The van der Waals surface area contributed by atoms with Crippen LogP contribution >= 0.6 is 0 Å². The van der Waals surface area contributed by atoms with Crippen molar-refractivity contribution in [1.82, 2.24) is 0 Å². The number of benzene rings is 5. The Morgan fingerprint density at radius 3 is 1.11 bits per heavy atom. The maximum Gasteiger partial charge on any atom is 0.339 e. The summed E-state index contributed by atoms with van der Waals surface area (Å²) in [6.45, 7) is 2.72. The Bertz CT molecular complexity index is 2260. The molecule has 18 heteroatoms. The van der Waals surface area contributed by atoms with E-state index in [-0.39, 0.29) is 34.7 Å². The molecular weight excluding hydrogens is 741 g/mol. The third kappa shape index (κ3) is 10.6. The lowest BCUT2D eigenvalue weighted by molar-refractivity contribution is -0.115. The van der Waals surface area contributed by atoms with Gasteiger partial charge in [0.05, 0.1) is 11.4 Å². The van der Waals surface area contributed by atoms with E-state index in [1.807, 2.05) is 0 Å². The summed E-state index contributed by atoms with van der Waals surface area (Å²) in [6, 6.07) is 26.7. The first-order valence-corrected chi connectivity index (χ1v) is 18.6. The molecule has 0 saturated heterocycles. The quantitative estimate of drug-likeness (QED) is 0.0762. The minimum Gasteiger partial charge on any atom is -0.377 e. The van der Waals surface area contributed by atoms with Gasteiger partial charge < -0.3 is 40.3 Å². The minimum atomic E-state index is -4.68. The maximum absolute atomic E-state index is 13.4. The molecule has 54 heavy (non-hydrogen) atoms. The lowest BCUT2D eigenvalue weighted by Crippen LogP contribution is -2.21. The normalized spacial score (nSPS) is 11.0. The highest BCUT2D eigenvalue weighted by Gasteiger charge is 2.25. The lowest BCUT2D eigenvalue weighted by atomic mass is 10.2. The van der Waals surface area contributed by atoms with Gasteiger partial charge in [0.15, 0.2) is 11.5 Å². The summed E-state index contributed by atoms with van der Waals surface area (Å²) in [6.07, 6.45) is 0. The van der Waals surface area contributed by atoms with E-state index in [4.69, 9.17) is 8.37 Å². The Labute approximate surface area is 310 Å². The van der Waals surface area contributed by atoms with E-state index in [2.05, 4.69) is 31.9 Å². The monoisotopic (exact) mass is 772 g/mol. The highest BCUT2D eigenvalue weighted by atomic mass is 32.2. The van der Waals surface area contributed by atoms with Crippen LogP contribution in [-0.2, 0) is 29.8 Å². The van der Waals surface area contributed by atoms with Crippen molar-refractivity contribution < 1.29 is 44.4 Å². The van der Waals surface area contributed by atoms with Crippen molar-refractivity contribution in [3.63, 3.8) is 0 Å². The van der Waals surface area contributed by atoms with Crippen molar-refractivity contribution in [3.8, 4) is 11.5 Å². The van der Waals surface area contributed by atoms with Crippen molar-refractivity contribution in [2.45, 2.75) is 23.6 Å². The van der Waals surface area contributed by atoms with Crippen molar-refractivity contribution in [1.29, 1.82) is 0 Å². The van der Waals surface area contributed by atoms with Gasteiger partial charge in [-0.15, -0.1) is 0 Å². The van der Waals surface area contributed by atoms with Gasteiger partial charge in [0, 0.05) is 36.6 Å². The molecule has 16 nitrogen and oxygen atoms in total. The molecule has 0 saturated carbocycles. The van der Waals surface area contributed by atoms with E-state index in [0.717, 1.165) is 18.2 Å². The summed E-state index contributed by atoms with van der Waals surface area (Å²) in [7, 11) is -9.35. The number of para-hydroxylation sites is 4. The zero-order chi connectivity index (χ0) is 38.9. The standard InChI is InChI=1S/C36H32N6O10S2/c1-23(43)37-25-14-18-27(19-15-25)39-35(45)41-31-10-3-5-12-33(31)51-53(47,48)29-8-7-9-30(22-29)54(49,50)52-34-13-6-4-11-32(34)42-36(46)40-28-20-16-26(17-21-28)38-24(2)44/h3-22H,1-2H3,(H,37,43)(H,38,44)(H2,39,41,45)(H2,40,42,46). The Morgan fingerprint density at radius 2 is 0.759 bits per heavy atom. The third-order valence-electron chi connectivity index (χ3n) is 6.98. The molecule has 0 aliphatic carbocycles. The second-order valence-electron chi connectivity index (χ2n) is 11.2. The molecule has 0 heterocycles.